The predicted molar refractivity (Wildman–Crippen MR) is 61.5 cm³/mol. The number of halogens is 6. The molecule has 0 aliphatic heterocycles. The summed E-state index contributed by atoms with van der Waals surface area (Å²) >= 11 is 0.132. The maximum atomic E-state index is 12.6. The number of thiazole rings is 1. The smallest absolute Gasteiger partial charge is 0.369 e. The van der Waals surface area contributed by atoms with E-state index in [-0.39, 0.29) is 16.5 Å². The molecule has 0 radical (unpaired) electrons. The first-order valence-corrected chi connectivity index (χ1v) is 6.41. The van der Waals surface area contributed by atoms with Crippen LogP contribution in [0.25, 0.3) is 0 Å². The molecule has 0 aliphatic carbocycles. The topological polar surface area (TPSA) is 45.2 Å². The molecule has 0 fully saturated rings. The third-order valence-electron chi connectivity index (χ3n) is 2.49. The lowest BCUT2D eigenvalue weighted by atomic mass is 10.0. The highest BCUT2D eigenvalue weighted by atomic mass is 32.1. The highest BCUT2D eigenvalue weighted by Crippen LogP contribution is 2.51. The molecule has 1 heterocycles. The van der Waals surface area contributed by atoms with E-state index >= 15 is 0 Å². The Morgan fingerprint density at radius 3 is 2.20 bits per heavy atom. The number of nitrogens with zero attached hydrogens (tertiary/aromatic N) is 1. The molecule has 0 bridgehead atoms. The zero-order valence-electron chi connectivity index (χ0n) is 10.3. The molecule has 1 aromatic rings. The predicted octanol–water partition coefficient (Wildman–Crippen LogP) is 3.67. The first kappa shape index (κ1) is 17.0. The molecule has 3 nitrogen and oxygen atoms in total. The van der Waals surface area contributed by atoms with Crippen molar-refractivity contribution in [1.29, 1.82) is 0 Å². The third kappa shape index (κ3) is 3.17. The van der Waals surface area contributed by atoms with Gasteiger partial charge in [0.1, 0.15) is 0 Å². The molecule has 0 unspecified atom stereocenters. The standard InChI is InChI=1S/C10H12F6N2OS/c1-2-3-4-17-7-18-5-6(20-7)8(19,9(11,12)13)10(14,15)16/h5,19H,2-4H2,1H3,(H,17,18). The van der Waals surface area contributed by atoms with Crippen LogP contribution < -0.4 is 5.32 Å². The number of nitrogens with one attached hydrogen (secondary N) is 1. The van der Waals surface area contributed by atoms with E-state index in [1.165, 1.54) is 0 Å². The lowest BCUT2D eigenvalue weighted by Gasteiger charge is -2.30. The number of alkyl halides is 6. The number of hydrogen-bond donors (Lipinski definition) is 2. The molecule has 0 spiro atoms. The summed E-state index contributed by atoms with van der Waals surface area (Å²) in [6.07, 6.45) is -9.87. The number of hydrogen-bond acceptors (Lipinski definition) is 4. The SMILES string of the molecule is CCCCNc1ncc(C(O)(C(F)(F)F)C(F)(F)F)s1. The highest BCUT2D eigenvalue weighted by molar-refractivity contribution is 7.15. The lowest BCUT2D eigenvalue weighted by molar-refractivity contribution is -0.375. The van der Waals surface area contributed by atoms with Gasteiger partial charge in [0.15, 0.2) is 5.13 Å². The zero-order chi connectivity index (χ0) is 15.6. The van der Waals surface area contributed by atoms with Crippen molar-refractivity contribution < 1.29 is 31.4 Å². The number of aliphatic hydroxyl groups is 1. The number of unbranched alkanes of at least 4 members (excludes halogenated alkanes) is 1. The monoisotopic (exact) mass is 322 g/mol. The average Bonchev–Trinajstić information content (AvgIpc) is 2.74. The molecular formula is C10H12F6N2OS. The summed E-state index contributed by atoms with van der Waals surface area (Å²) in [6.45, 7) is 2.25. The van der Waals surface area contributed by atoms with E-state index in [9.17, 15) is 26.3 Å². The molecule has 0 amide bonds. The van der Waals surface area contributed by atoms with Crippen LogP contribution in [0.4, 0.5) is 31.5 Å². The van der Waals surface area contributed by atoms with Gasteiger partial charge in [-0.05, 0) is 6.42 Å². The number of aromatic nitrogens is 1. The van der Waals surface area contributed by atoms with Crippen LogP contribution in [0.15, 0.2) is 6.20 Å². The number of rotatable bonds is 5. The Balaban J connectivity index is 3.06. The van der Waals surface area contributed by atoms with Gasteiger partial charge in [0.05, 0.1) is 4.88 Å². The molecule has 2 N–H and O–H groups in total. The summed E-state index contributed by atoms with van der Waals surface area (Å²) in [7, 11) is 0. The normalized spacial score (nSPS) is 13.6. The lowest BCUT2D eigenvalue weighted by Crippen LogP contribution is -2.53. The van der Waals surface area contributed by atoms with Crippen molar-refractivity contribution in [2.75, 3.05) is 11.9 Å². The fourth-order valence-corrected chi connectivity index (χ4v) is 2.31. The molecule has 0 aliphatic rings. The van der Waals surface area contributed by atoms with Gasteiger partial charge in [-0.1, -0.05) is 24.7 Å². The van der Waals surface area contributed by atoms with Crippen LogP contribution >= 0.6 is 11.3 Å². The van der Waals surface area contributed by atoms with Crippen molar-refractivity contribution in [3.8, 4) is 0 Å². The van der Waals surface area contributed by atoms with Crippen molar-refractivity contribution in [2.24, 2.45) is 0 Å². The molecule has 0 saturated carbocycles. The molecule has 116 valence electrons. The molecule has 0 atom stereocenters. The summed E-state index contributed by atoms with van der Waals surface area (Å²) < 4.78 is 75.5. The van der Waals surface area contributed by atoms with E-state index in [0.717, 1.165) is 6.42 Å². The first-order valence-electron chi connectivity index (χ1n) is 5.60. The van der Waals surface area contributed by atoms with Crippen molar-refractivity contribution in [2.45, 2.75) is 37.7 Å². The number of anilines is 1. The van der Waals surface area contributed by atoms with Gasteiger partial charge in [0, 0.05) is 12.7 Å². The van der Waals surface area contributed by atoms with E-state index < -0.39 is 22.8 Å². The van der Waals surface area contributed by atoms with E-state index in [1.54, 1.807) is 0 Å². The van der Waals surface area contributed by atoms with Gasteiger partial charge in [-0.2, -0.15) is 26.3 Å². The van der Waals surface area contributed by atoms with Gasteiger partial charge < -0.3 is 10.4 Å². The Morgan fingerprint density at radius 1 is 1.20 bits per heavy atom. The van der Waals surface area contributed by atoms with E-state index in [4.69, 9.17) is 5.11 Å². The third-order valence-corrected chi connectivity index (χ3v) is 3.55. The zero-order valence-corrected chi connectivity index (χ0v) is 11.1. The van der Waals surface area contributed by atoms with Crippen LogP contribution in [0, 0.1) is 0 Å². The molecule has 0 saturated heterocycles. The Hall–Kier alpha value is -1.03. The van der Waals surface area contributed by atoms with Crippen LogP contribution in [-0.2, 0) is 5.60 Å². The summed E-state index contributed by atoms with van der Waals surface area (Å²) in [4.78, 5) is 2.12. The van der Waals surface area contributed by atoms with Gasteiger partial charge >= 0.3 is 12.4 Å². The Labute approximate surface area is 114 Å². The van der Waals surface area contributed by atoms with Crippen LogP contribution in [0.1, 0.15) is 24.6 Å². The second-order valence-corrected chi connectivity index (χ2v) is 5.05. The van der Waals surface area contributed by atoms with Gasteiger partial charge in [-0.15, -0.1) is 0 Å². The van der Waals surface area contributed by atoms with Gasteiger partial charge in [-0.25, -0.2) is 4.98 Å². The minimum Gasteiger partial charge on any atom is -0.369 e. The maximum absolute atomic E-state index is 12.6. The van der Waals surface area contributed by atoms with Crippen molar-refractivity contribution in [3.05, 3.63) is 11.1 Å². The van der Waals surface area contributed by atoms with Gasteiger partial charge in [0.2, 0.25) is 0 Å². The van der Waals surface area contributed by atoms with Gasteiger partial charge in [0.25, 0.3) is 5.60 Å². The molecule has 1 rings (SSSR count). The molecule has 10 heteroatoms. The second-order valence-electron chi connectivity index (χ2n) is 4.02. The van der Waals surface area contributed by atoms with Crippen LogP contribution in [-0.4, -0.2) is 29.0 Å². The second kappa shape index (κ2) is 5.76. The Kier molecular flexibility index (Phi) is 4.90. The molecule has 0 aromatic carbocycles. The highest BCUT2D eigenvalue weighted by Gasteiger charge is 2.72. The minimum atomic E-state index is -5.88. The van der Waals surface area contributed by atoms with Gasteiger partial charge in [-0.3, -0.25) is 0 Å². The first-order chi connectivity index (χ1) is 9.04. The summed E-state index contributed by atoms with van der Waals surface area (Å²) in [5.74, 6) is 0. The van der Waals surface area contributed by atoms with Crippen molar-refractivity contribution >= 4 is 16.5 Å². The van der Waals surface area contributed by atoms with Crippen molar-refractivity contribution in [3.63, 3.8) is 0 Å². The Bertz CT molecular complexity index is 428. The molecule has 1 aromatic heterocycles. The summed E-state index contributed by atoms with van der Waals surface area (Å²) in [6, 6.07) is 0. The quantitative estimate of drug-likeness (QED) is 0.642. The molecular weight excluding hydrogens is 310 g/mol. The largest absolute Gasteiger partial charge is 0.431 e. The fourth-order valence-electron chi connectivity index (χ4n) is 1.34. The minimum absolute atomic E-state index is 0.0969. The summed E-state index contributed by atoms with van der Waals surface area (Å²) in [5.41, 5.74) is -4.90. The Morgan fingerprint density at radius 2 is 1.75 bits per heavy atom. The van der Waals surface area contributed by atoms with E-state index in [0.29, 0.717) is 19.2 Å². The van der Waals surface area contributed by atoms with Crippen molar-refractivity contribution in [1.82, 2.24) is 4.98 Å². The fraction of sp³-hybridized carbons (Fsp3) is 0.700. The van der Waals surface area contributed by atoms with E-state index in [2.05, 4.69) is 10.3 Å². The van der Waals surface area contributed by atoms with Crippen LogP contribution in [0.3, 0.4) is 0 Å². The van der Waals surface area contributed by atoms with E-state index in [1.807, 2.05) is 6.92 Å². The van der Waals surface area contributed by atoms with Crippen LogP contribution in [0.5, 0.6) is 0 Å². The maximum Gasteiger partial charge on any atom is 0.431 e. The summed E-state index contributed by atoms with van der Waals surface area (Å²) in [5, 5.41) is 11.6. The molecule has 20 heavy (non-hydrogen) atoms. The average molecular weight is 322 g/mol. The van der Waals surface area contributed by atoms with Crippen LogP contribution in [0.2, 0.25) is 0 Å².